The first kappa shape index (κ1) is 13.3. The fourth-order valence-electron chi connectivity index (χ4n) is 2.08. The molecule has 1 atom stereocenters. The summed E-state index contributed by atoms with van der Waals surface area (Å²) in [5, 5.41) is 16.7. The van der Waals surface area contributed by atoms with E-state index in [4.69, 9.17) is 5.26 Å². The summed E-state index contributed by atoms with van der Waals surface area (Å²) in [7, 11) is 1.93. The first-order valence-corrected chi connectivity index (χ1v) is 6.32. The molecule has 2 rings (SSSR count). The predicted octanol–water partition coefficient (Wildman–Crippen LogP) is 2.45. The number of rotatable bonds is 4. The number of aryl methyl sites for hydroxylation is 2. The van der Waals surface area contributed by atoms with Crippen LogP contribution in [0.4, 0.5) is 0 Å². The van der Waals surface area contributed by atoms with Crippen molar-refractivity contribution >= 4 is 0 Å². The standard InChI is InChI=1S/C15H18N4/c1-11(14-6-4-5-13(7-14)8-16)17-9-15-10-19(3)18-12(15)2/h4-7,10-11,17H,9H2,1-3H3. The molecule has 0 saturated heterocycles. The van der Waals surface area contributed by atoms with Crippen molar-refractivity contribution in [2.24, 2.45) is 7.05 Å². The molecule has 1 N–H and O–H groups in total. The third kappa shape index (κ3) is 3.21. The van der Waals surface area contributed by atoms with Gasteiger partial charge in [0.05, 0.1) is 17.3 Å². The third-order valence-electron chi connectivity index (χ3n) is 3.23. The van der Waals surface area contributed by atoms with Crippen LogP contribution in [-0.2, 0) is 13.6 Å². The highest BCUT2D eigenvalue weighted by molar-refractivity contribution is 5.34. The first-order valence-electron chi connectivity index (χ1n) is 6.32. The molecule has 0 saturated carbocycles. The molecule has 0 fully saturated rings. The second kappa shape index (κ2) is 5.68. The van der Waals surface area contributed by atoms with Gasteiger partial charge in [-0.25, -0.2) is 0 Å². The van der Waals surface area contributed by atoms with Crippen molar-refractivity contribution in [1.29, 1.82) is 5.26 Å². The molecule has 98 valence electrons. The monoisotopic (exact) mass is 254 g/mol. The molecule has 4 heteroatoms. The van der Waals surface area contributed by atoms with E-state index in [1.54, 1.807) is 0 Å². The third-order valence-corrected chi connectivity index (χ3v) is 3.23. The molecule has 4 nitrogen and oxygen atoms in total. The SMILES string of the molecule is Cc1nn(C)cc1CNC(C)c1cccc(C#N)c1. The van der Waals surface area contributed by atoms with Crippen LogP contribution in [0.15, 0.2) is 30.5 Å². The van der Waals surface area contributed by atoms with Gasteiger partial charge in [0.15, 0.2) is 0 Å². The maximum absolute atomic E-state index is 8.91. The van der Waals surface area contributed by atoms with E-state index in [0.29, 0.717) is 5.56 Å². The van der Waals surface area contributed by atoms with Crippen LogP contribution in [0, 0.1) is 18.3 Å². The molecule has 1 heterocycles. The summed E-state index contributed by atoms with van der Waals surface area (Å²) in [6, 6.07) is 10.1. The number of hydrogen-bond donors (Lipinski definition) is 1. The van der Waals surface area contributed by atoms with E-state index < -0.39 is 0 Å². The zero-order valence-corrected chi connectivity index (χ0v) is 11.5. The van der Waals surface area contributed by atoms with Gasteiger partial charge < -0.3 is 5.32 Å². The van der Waals surface area contributed by atoms with E-state index in [1.165, 1.54) is 5.56 Å². The Morgan fingerprint density at radius 2 is 2.26 bits per heavy atom. The van der Waals surface area contributed by atoms with Crippen LogP contribution < -0.4 is 5.32 Å². The summed E-state index contributed by atoms with van der Waals surface area (Å²) in [6.45, 7) is 4.89. The summed E-state index contributed by atoms with van der Waals surface area (Å²) < 4.78 is 1.83. The van der Waals surface area contributed by atoms with Crippen LogP contribution in [0.5, 0.6) is 0 Å². The lowest BCUT2D eigenvalue weighted by atomic mass is 10.1. The molecular weight excluding hydrogens is 236 g/mol. The zero-order chi connectivity index (χ0) is 13.8. The lowest BCUT2D eigenvalue weighted by Crippen LogP contribution is -2.18. The summed E-state index contributed by atoms with van der Waals surface area (Å²) in [6.07, 6.45) is 2.03. The van der Waals surface area contributed by atoms with Crippen LogP contribution >= 0.6 is 0 Å². The Hall–Kier alpha value is -2.12. The fourth-order valence-corrected chi connectivity index (χ4v) is 2.08. The van der Waals surface area contributed by atoms with Crippen molar-refractivity contribution in [3.05, 3.63) is 52.8 Å². The molecule has 19 heavy (non-hydrogen) atoms. The molecule has 0 aliphatic rings. The minimum absolute atomic E-state index is 0.202. The van der Waals surface area contributed by atoms with E-state index >= 15 is 0 Å². The molecule has 1 unspecified atom stereocenters. The Kier molecular flexibility index (Phi) is 3.98. The van der Waals surface area contributed by atoms with Crippen LogP contribution in [0.1, 0.15) is 35.3 Å². The Morgan fingerprint density at radius 1 is 1.47 bits per heavy atom. The quantitative estimate of drug-likeness (QED) is 0.911. The van der Waals surface area contributed by atoms with E-state index in [0.717, 1.165) is 17.8 Å². The highest BCUT2D eigenvalue weighted by atomic mass is 15.2. The number of nitriles is 1. The van der Waals surface area contributed by atoms with Crippen LogP contribution in [0.2, 0.25) is 0 Å². The van der Waals surface area contributed by atoms with Crippen molar-refractivity contribution < 1.29 is 0 Å². The normalized spacial score (nSPS) is 12.1. The summed E-state index contributed by atoms with van der Waals surface area (Å²) in [4.78, 5) is 0. The van der Waals surface area contributed by atoms with Crippen molar-refractivity contribution in [1.82, 2.24) is 15.1 Å². The van der Waals surface area contributed by atoms with Crippen LogP contribution in [-0.4, -0.2) is 9.78 Å². The summed E-state index contributed by atoms with van der Waals surface area (Å²) in [5.74, 6) is 0. The fraction of sp³-hybridized carbons (Fsp3) is 0.333. The van der Waals surface area contributed by atoms with Gasteiger partial charge in [-0.3, -0.25) is 4.68 Å². The maximum Gasteiger partial charge on any atom is 0.0991 e. The van der Waals surface area contributed by atoms with Gasteiger partial charge in [0, 0.05) is 31.4 Å². The average molecular weight is 254 g/mol. The summed E-state index contributed by atoms with van der Waals surface area (Å²) >= 11 is 0. The zero-order valence-electron chi connectivity index (χ0n) is 11.5. The van der Waals surface area contributed by atoms with Gasteiger partial charge in [-0.05, 0) is 31.5 Å². The Morgan fingerprint density at radius 3 is 2.89 bits per heavy atom. The van der Waals surface area contributed by atoms with Gasteiger partial charge in [-0.15, -0.1) is 0 Å². The minimum atomic E-state index is 0.202. The number of benzene rings is 1. The van der Waals surface area contributed by atoms with Crippen molar-refractivity contribution in [3.63, 3.8) is 0 Å². The molecule has 2 aromatic rings. The second-order valence-corrected chi connectivity index (χ2v) is 4.75. The number of hydrogen-bond acceptors (Lipinski definition) is 3. The lowest BCUT2D eigenvalue weighted by Gasteiger charge is -2.14. The van der Waals surface area contributed by atoms with E-state index in [9.17, 15) is 0 Å². The van der Waals surface area contributed by atoms with Crippen molar-refractivity contribution in [2.45, 2.75) is 26.4 Å². The van der Waals surface area contributed by atoms with Gasteiger partial charge >= 0.3 is 0 Å². The summed E-state index contributed by atoms with van der Waals surface area (Å²) in [5.41, 5.74) is 4.07. The molecule has 1 aromatic carbocycles. The van der Waals surface area contributed by atoms with Crippen molar-refractivity contribution in [2.75, 3.05) is 0 Å². The highest BCUT2D eigenvalue weighted by Gasteiger charge is 2.08. The first-order chi connectivity index (χ1) is 9.10. The molecule has 0 radical (unpaired) electrons. The molecule has 0 aliphatic heterocycles. The van der Waals surface area contributed by atoms with E-state index in [2.05, 4.69) is 23.4 Å². The van der Waals surface area contributed by atoms with E-state index in [1.807, 2.05) is 49.1 Å². The Balaban J connectivity index is 2.03. The van der Waals surface area contributed by atoms with Crippen LogP contribution in [0.3, 0.4) is 0 Å². The highest BCUT2D eigenvalue weighted by Crippen LogP contribution is 2.15. The van der Waals surface area contributed by atoms with E-state index in [-0.39, 0.29) is 6.04 Å². The van der Waals surface area contributed by atoms with Crippen molar-refractivity contribution in [3.8, 4) is 6.07 Å². The molecule has 0 amide bonds. The topological polar surface area (TPSA) is 53.6 Å². The average Bonchev–Trinajstić information content (AvgIpc) is 2.74. The maximum atomic E-state index is 8.91. The van der Waals surface area contributed by atoms with Crippen LogP contribution in [0.25, 0.3) is 0 Å². The van der Waals surface area contributed by atoms with Gasteiger partial charge in [-0.1, -0.05) is 12.1 Å². The Bertz CT molecular complexity index is 607. The molecular formula is C15H18N4. The van der Waals surface area contributed by atoms with Gasteiger partial charge in [-0.2, -0.15) is 10.4 Å². The molecule has 0 bridgehead atoms. The predicted molar refractivity (Wildman–Crippen MR) is 74.4 cm³/mol. The number of aromatic nitrogens is 2. The van der Waals surface area contributed by atoms with Gasteiger partial charge in [0.2, 0.25) is 0 Å². The molecule has 0 aliphatic carbocycles. The largest absolute Gasteiger partial charge is 0.306 e. The second-order valence-electron chi connectivity index (χ2n) is 4.75. The number of nitrogens with one attached hydrogen (secondary N) is 1. The Labute approximate surface area is 113 Å². The number of nitrogens with zero attached hydrogens (tertiary/aromatic N) is 3. The molecule has 1 aromatic heterocycles. The minimum Gasteiger partial charge on any atom is -0.306 e. The lowest BCUT2D eigenvalue weighted by molar-refractivity contribution is 0.573. The smallest absolute Gasteiger partial charge is 0.0991 e. The van der Waals surface area contributed by atoms with Gasteiger partial charge in [0.1, 0.15) is 0 Å². The molecule has 0 spiro atoms. The van der Waals surface area contributed by atoms with Gasteiger partial charge in [0.25, 0.3) is 0 Å².